The first-order valence-electron chi connectivity index (χ1n) is 5.73. The van der Waals surface area contributed by atoms with E-state index in [1.54, 1.807) is 6.92 Å². The molecule has 1 aromatic rings. The lowest BCUT2D eigenvalue weighted by atomic mass is 9.93. The van der Waals surface area contributed by atoms with E-state index in [-0.39, 0.29) is 5.75 Å². The summed E-state index contributed by atoms with van der Waals surface area (Å²) in [6.45, 7) is 3.04. The van der Waals surface area contributed by atoms with Crippen LogP contribution in [0.25, 0.3) is 0 Å². The highest BCUT2D eigenvalue weighted by Crippen LogP contribution is 2.42. The van der Waals surface area contributed by atoms with Crippen molar-refractivity contribution in [2.45, 2.75) is 26.2 Å². The number of methoxy groups -OCH3 is 1. The fourth-order valence-electron chi connectivity index (χ4n) is 1.89. The Balaban J connectivity index is 3.46. The van der Waals surface area contributed by atoms with Crippen molar-refractivity contribution in [2.24, 2.45) is 5.92 Å². The summed E-state index contributed by atoms with van der Waals surface area (Å²) in [5.74, 6) is -6.42. The van der Waals surface area contributed by atoms with Gasteiger partial charge in [-0.1, -0.05) is 6.07 Å². The molecule has 0 spiro atoms. The van der Waals surface area contributed by atoms with Gasteiger partial charge in [0.05, 0.1) is 12.7 Å². The highest BCUT2D eigenvalue weighted by atomic mass is 19.4. The van der Waals surface area contributed by atoms with Crippen molar-refractivity contribution in [1.29, 1.82) is 0 Å². The molecule has 0 fully saturated rings. The summed E-state index contributed by atoms with van der Waals surface area (Å²) in [4.78, 5) is 11.8. The van der Waals surface area contributed by atoms with Crippen LogP contribution in [0.1, 0.15) is 21.5 Å². The van der Waals surface area contributed by atoms with E-state index in [9.17, 15) is 31.1 Å². The fraction of sp³-hybridized carbons (Fsp3) is 0.462. The summed E-state index contributed by atoms with van der Waals surface area (Å²) >= 11 is 0. The van der Waals surface area contributed by atoms with E-state index in [0.29, 0.717) is 11.1 Å². The van der Waals surface area contributed by atoms with Crippen LogP contribution in [0.4, 0.5) is 26.3 Å². The zero-order valence-corrected chi connectivity index (χ0v) is 11.3. The minimum atomic E-state index is -5.72. The second-order valence-corrected chi connectivity index (χ2v) is 4.47. The van der Waals surface area contributed by atoms with Gasteiger partial charge < -0.3 is 4.74 Å². The van der Waals surface area contributed by atoms with Gasteiger partial charge in [-0.05, 0) is 31.0 Å². The predicted molar refractivity (Wildman–Crippen MR) is 62.4 cm³/mol. The first kappa shape index (κ1) is 17.3. The third-order valence-corrected chi connectivity index (χ3v) is 3.06. The van der Waals surface area contributed by atoms with Crippen LogP contribution in [0, 0.1) is 19.8 Å². The number of ether oxygens (including phenoxy) is 1. The Labute approximate surface area is 116 Å². The average molecular weight is 314 g/mol. The van der Waals surface area contributed by atoms with Crippen LogP contribution in [0.15, 0.2) is 12.1 Å². The monoisotopic (exact) mass is 314 g/mol. The molecule has 0 aliphatic carbocycles. The number of alkyl halides is 6. The Kier molecular flexibility index (Phi) is 4.60. The van der Waals surface area contributed by atoms with Crippen molar-refractivity contribution in [2.75, 3.05) is 7.11 Å². The molecule has 0 aliphatic heterocycles. The van der Waals surface area contributed by atoms with Gasteiger partial charge in [-0.25, -0.2) is 0 Å². The van der Waals surface area contributed by atoms with Gasteiger partial charge in [0.2, 0.25) is 5.92 Å². The first-order chi connectivity index (χ1) is 9.41. The molecular weight excluding hydrogens is 302 g/mol. The zero-order chi connectivity index (χ0) is 16.6. The fourth-order valence-corrected chi connectivity index (χ4v) is 1.89. The predicted octanol–water partition coefficient (Wildman–Crippen LogP) is 4.24. The number of ketones is 1. The van der Waals surface area contributed by atoms with Gasteiger partial charge in [0, 0.05) is 0 Å². The maximum Gasteiger partial charge on any atom is 0.407 e. The average Bonchev–Trinajstić information content (AvgIpc) is 2.28. The smallest absolute Gasteiger partial charge is 0.407 e. The van der Waals surface area contributed by atoms with Crippen LogP contribution in [0.2, 0.25) is 0 Å². The Morgan fingerprint density at radius 3 is 1.90 bits per heavy atom. The van der Waals surface area contributed by atoms with Gasteiger partial charge in [-0.2, -0.15) is 26.3 Å². The molecule has 2 nitrogen and oxygen atoms in total. The van der Waals surface area contributed by atoms with Gasteiger partial charge >= 0.3 is 12.4 Å². The number of rotatable bonds is 3. The van der Waals surface area contributed by atoms with Gasteiger partial charge in [0.25, 0.3) is 0 Å². The molecule has 1 aromatic carbocycles. The summed E-state index contributed by atoms with van der Waals surface area (Å²) in [6.07, 6.45) is -11.4. The molecule has 0 saturated heterocycles. The number of carbonyl (C=O) groups excluding carboxylic acids is 1. The van der Waals surface area contributed by atoms with E-state index in [2.05, 4.69) is 0 Å². The lowest BCUT2D eigenvalue weighted by Crippen LogP contribution is -2.42. The molecule has 8 heteroatoms. The van der Waals surface area contributed by atoms with Crippen molar-refractivity contribution in [3.05, 3.63) is 28.8 Å². The van der Waals surface area contributed by atoms with E-state index in [1.165, 1.54) is 13.0 Å². The lowest BCUT2D eigenvalue weighted by molar-refractivity contribution is -0.264. The van der Waals surface area contributed by atoms with Crippen LogP contribution in [-0.2, 0) is 0 Å². The van der Waals surface area contributed by atoms with E-state index >= 15 is 0 Å². The standard InChI is InChI=1S/C13H12F6O2/c1-6-4-5-8(10(21-3)7(6)2)9(20)11(12(14,15)16)13(17,18)19/h4-5,11H,1-3H3. The third-order valence-electron chi connectivity index (χ3n) is 3.06. The number of benzene rings is 1. The number of aryl methyl sites for hydroxylation is 1. The molecule has 0 amide bonds. The van der Waals surface area contributed by atoms with Gasteiger partial charge in [0.1, 0.15) is 5.75 Å². The van der Waals surface area contributed by atoms with Crippen molar-refractivity contribution in [1.82, 2.24) is 0 Å². The second kappa shape index (κ2) is 5.57. The van der Waals surface area contributed by atoms with Crippen molar-refractivity contribution < 1.29 is 35.9 Å². The lowest BCUT2D eigenvalue weighted by Gasteiger charge is -2.23. The number of hydrogen-bond acceptors (Lipinski definition) is 2. The highest BCUT2D eigenvalue weighted by Gasteiger charge is 2.61. The van der Waals surface area contributed by atoms with Crippen LogP contribution < -0.4 is 4.74 Å². The molecule has 0 bridgehead atoms. The second-order valence-electron chi connectivity index (χ2n) is 4.47. The largest absolute Gasteiger partial charge is 0.496 e. The number of Topliss-reactive ketones (excluding diaryl/α,β-unsaturated/α-hetero) is 1. The van der Waals surface area contributed by atoms with Crippen LogP contribution >= 0.6 is 0 Å². The summed E-state index contributed by atoms with van der Waals surface area (Å²) < 4.78 is 80.3. The molecule has 118 valence electrons. The zero-order valence-electron chi connectivity index (χ0n) is 11.3. The topological polar surface area (TPSA) is 26.3 Å². The molecule has 0 radical (unpaired) electrons. The molecule has 21 heavy (non-hydrogen) atoms. The summed E-state index contributed by atoms with van der Waals surface area (Å²) in [6, 6.07) is 2.18. The Morgan fingerprint density at radius 1 is 1.05 bits per heavy atom. The SMILES string of the molecule is COc1c(C(=O)C(C(F)(F)F)C(F)(F)F)ccc(C)c1C. The number of hydrogen-bond donors (Lipinski definition) is 0. The maximum absolute atomic E-state index is 12.6. The van der Waals surface area contributed by atoms with Crippen molar-refractivity contribution >= 4 is 5.78 Å². The maximum atomic E-state index is 12.6. The number of halogens is 6. The minimum absolute atomic E-state index is 0.279. The van der Waals surface area contributed by atoms with E-state index in [4.69, 9.17) is 4.74 Å². The summed E-state index contributed by atoms with van der Waals surface area (Å²) in [5.41, 5.74) is 0.158. The minimum Gasteiger partial charge on any atom is -0.496 e. The van der Waals surface area contributed by atoms with Gasteiger partial charge in [0.15, 0.2) is 5.78 Å². The van der Waals surface area contributed by atoms with E-state index < -0.39 is 29.6 Å². The van der Waals surface area contributed by atoms with E-state index in [1.807, 2.05) is 0 Å². The normalized spacial score (nSPS) is 12.7. The van der Waals surface area contributed by atoms with Gasteiger partial charge in [-0.15, -0.1) is 0 Å². The Bertz CT molecular complexity index is 531. The van der Waals surface area contributed by atoms with Crippen LogP contribution in [0.3, 0.4) is 0 Å². The Hall–Kier alpha value is -1.73. The quantitative estimate of drug-likeness (QED) is 0.616. The molecule has 0 atom stereocenters. The molecule has 0 N–H and O–H groups in total. The molecule has 0 heterocycles. The van der Waals surface area contributed by atoms with Gasteiger partial charge in [-0.3, -0.25) is 4.79 Å². The van der Waals surface area contributed by atoms with Crippen molar-refractivity contribution in [3.63, 3.8) is 0 Å². The first-order valence-corrected chi connectivity index (χ1v) is 5.73. The summed E-state index contributed by atoms with van der Waals surface area (Å²) in [7, 11) is 1.08. The molecule has 0 aliphatic rings. The van der Waals surface area contributed by atoms with Crippen LogP contribution in [-0.4, -0.2) is 25.2 Å². The molecule has 0 saturated carbocycles. The molecule has 0 unspecified atom stereocenters. The third kappa shape index (κ3) is 3.48. The molecule has 1 rings (SSSR count). The Morgan fingerprint density at radius 2 is 1.52 bits per heavy atom. The molecular formula is C13H12F6O2. The highest BCUT2D eigenvalue weighted by molar-refractivity contribution is 6.01. The van der Waals surface area contributed by atoms with E-state index in [0.717, 1.165) is 13.2 Å². The summed E-state index contributed by atoms with van der Waals surface area (Å²) in [5, 5.41) is 0. The van der Waals surface area contributed by atoms with Crippen LogP contribution in [0.5, 0.6) is 5.75 Å². The van der Waals surface area contributed by atoms with Crippen molar-refractivity contribution in [3.8, 4) is 5.75 Å². The number of carbonyl (C=O) groups is 1. The molecule has 0 aromatic heterocycles.